The maximum atomic E-state index is 13.0. The maximum absolute atomic E-state index is 13.0. The van der Waals surface area contributed by atoms with Crippen LogP contribution in [-0.2, 0) is 10.2 Å². The van der Waals surface area contributed by atoms with Crippen LogP contribution in [0.4, 0.5) is 5.69 Å². The van der Waals surface area contributed by atoms with Crippen molar-refractivity contribution in [3.63, 3.8) is 0 Å². The molecule has 1 amide bonds. The standard InChI is InChI=1S/C16H24N4O8S/c1-17(2)29(24,25)19-8-6-18(7-9-19)16(21)11-10-12(26-3)14(27-4)15(28-5)13(11)20(22)23/h10H,6-9H2,1-5H3. The summed E-state index contributed by atoms with van der Waals surface area (Å²) >= 11 is 0. The monoisotopic (exact) mass is 432 g/mol. The number of benzene rings is 1. The second-order valence-electron chi connectivity index (χ2n) is 6.28. The Hall–Kier alpha value is -2.64. The largest absolute Gasteiger partial charge is 0.493 e. The van der Waals surface area contributed by atoms with Crippen molar-refractivity contribution in [3.8, 4) is 17.2 Å². The van der Waals surface area contributed by atoms with Gasteiger partial charge in [0.25, 0.3) is 16.1 Å². The minimum absolute atomic E-state index is 0.000135. The lowest BCUT2D eigenvalue weighted by Crippen LogP contribution is -2.53. The number of rotatable bonds is 7. The molecule has 1 saturated heterocycles. The van der Waals surface area contributed by atoms with Gasteiger partial charge in [-0.05, 0) is 0 Å². The Morgan fingerprint density at radius 3 is 2.03 bits per heavy atom. The minimum atomic E-state index is -3.60. The fourth-order valence-corrected chi connectivity index (χ4v) is 4.10. The van der Waals surface area contributed by atoms with Crippen LogP contribution in [0.2, 0.25) is 0 Å². The maximum Gasteiger partial charge on any atom is 0.327 e. The quantitative estimate of drug-likeness (QED) is 0.440. The van der Waals surface area contributed by atoms with Gasteiger partial charge >= 0.3 is 5.69 Å². The zero-order chi connectivity index (χ0) is 21.9. The van der Waals surface area contributed by atoms with Crippen molar-refractivity contribution in [2.24, 2.45) is 0 Å². The Morgan fingerprint density at radius 1 is 1.07 bits per heavy atom. The van der Waals surface area contributed by atoms with Crippen LogP contribution in [0.15, 0.2) is 6.07 Å². The van der Waals surface area contributed by atoms with Gasteiger partial charge in [0.2, 0.25) is 11.5 Å². The fourth-order valence-electron chi connectivity index (χ4n) is 3.01. The van der Waals surface area contributed by atoms with E-state index in [1.165, 1.54) is 50.7 Å². The number of nitro groups is 1. The van der Waals surface area contributed by atoms with Gasteiger partial charge in [-0.2, -0.15) is 17.0 Å². The predicted molar refractivity (Wildman–Crippen MR) is 103 cm³/mol. The molecule has 2 rings (SSSR count). The van der Waals surface area contributed by atoms with Crippen LogP contribution in [0.5, 0.6) is 17.2 Å². The molecular weight excluding hydrogens is 408 g/mol. The van der Waals surface area contributed by atoms with Gasteiger partial charge in [0, 0.05) is 46.3 Å². The molecule has 0 spiro atoms. The van der Waals surface area contributed by atoms with Gasteiger partial charge in [-0.15, -0.1) is 0 Å². The van der Waals surface area contributed by atoms with Gasteiger partial charge in [0.15, 0.2) is 5.75 Å². The SMILES string of the molecule is COc1cc(C(=O)N2CCN(S(=O)(=O)N(C)C)CC2)c([N+](=O)[O-])c(OC)c1OC. The minimum Gasteiger partial charge on any atom is -0.493 e. The summed E-state index contributed by atoms with van der Waals surface area (Å²) in [5.41, 5.74) is -0.771. The third-order valence-electron chi connectivity index (χ3n) is 4.53. The molecule has 0 aromatic heterocycles. The van der Waals surface area contributed by atoms with E-state index in [1.807, 2.05) is 0 Å². The highest BCUT2D eigenvalue weighted by molar-refractivity contribution is 7.86. The Kier molecular flexibility index (Phi) is 6.87. The molecule has 0 aliphatic carbocycles. The average molecular weight is 432 g/mol. The van der Waals surface area contributed by atoms with Gasteiger partial charge in [-0.25, -0.2) is 0 Å². The van der Waals surface area contributed by atoms with E-state index in [2.05, 4.69) is 0 Å². The van der Waals surface area contributed by atoms with Crippen molar-refractivity contribution in [1.29, 1.82) is 0 Å². The van der Waals surface area contributed by atoms with Crippen molar-refractivity contribution >= 4 is 21.8 Å². The highest BCUT2D eigenvalue weighted by Gasteiger charge is 2.36. The van der Waals surface area contributed by atoms with Gasteiger partial charge in [0.05, 0.1) is 26.3 Å². The molecule has 0 bridgehead atoms. The summed E-state index contributed by atoms with van der Waals surface area (Å²) in [5.74, 6) is -0.751. The molecule has 1 aromatic carbocycles. The van der Waals surface area contributed by atoms with Crippen molar-refractivity contribution in [2.45, 2.75) is 0 Å². The fraction of sp³-hybridized carbons (Fsp3) is 0.562. The molecule has 12 nitrogen and oxygen atoms in total. The molecular formula is C16H24N4O8S. The molecule has 162 valence electrons. The zero-order valence-electron chi connectivity index (χ0n) is 16.9. The van der Waals surface area contributed by atoms with Crippen LogP contribution >= 0.6 is 0 Å². The van der Waals surface area contributed by atoms with E-state index >= 15 is 0 Å². The third-order valence-corrected chi connectivity index (χ3v) is 6.47. The van der Waals surface area contributed by atoms with E-state index in [0.717, 1.165) is 4.31 Å². The second-order valence-corrected chi connectivity index (χ2v) is 8.42. The third kappa shape index (κ3) is 4.21. The Labute approximate surface area is 168 Å². The molecule has 1 fully saturated rings. The Balaban J connectivity index is 2.40. The van der Waals surface area contributed by atoms with Crippen LogP contribution in [-0.4, -0.2) is 94.4 Å². The number of nitro benzene ring substituents is 1. The molecule has 29 heavy (non-hydrogen) atoms. The average Bonchev–Trinajstić information content (AvgIpc) is 2.71. The Morgan fingerprint density at radius 2 is 1.62 bits per heavy atom. The molecule has 1 aromatic rings. The van der Waals surface area contributed by atoms with Gasteiger partial charge < -0.3 is 19.1 Å². The lowest BCUT2D eigenvalue weighted by atomic mass is 10.1. The first-order valence-corrected chi connectivity index (χ1v) is 9.94. The van der Waals surface area contributed by atoms with E-state index in [1.54, 1.807) is 0 Å². The van der Waals surface area contributed by atoms with E-state index < -0.39 is 26.7 Å². The van der Waals surface area contributed by atoms with E-state index in [-0.39, 0.29) is 49.0 Å². The molecule has 0 N–H and O–H groups in total. The normalized spacial score (nSPS) is 15.3. The second kappa shape index (κ2) is 8.80. The molecule has 0 radical (unpaired) electrons. The predicted octanol–water partition coefficient (Wildman–Crippen LogP) is 0.185. The summed E-state index contributed by atoms with van der Waals surface area (Å²) in [7, 11) is 3.11. The number of hydrogen-bond donors (Lipinski definition) is 0. The van der Waals surface area contributed by atoms with Crippen LogP contribution in [0, 0.1) is 10.1 Å². The van der Waals surface area contributed by atoms with Gasteiger partial charge in [-0.1, -0.05) is 0 Å². The highest BCUT2D eigenvalue weighted by atomic mass is 32.2. The summed E-state index contributed by atoms with van der Waals surface area (Å²) in [6.07, 6.45) is 0. The smallest absolute Gasteiger partial charge is 0.327 e. The van der Waals surface area contributed by atoms with Crippen LogP contribution in [0.3, 0.4) is 0 Å². The van der Waals surface area contributed by atoms with Gasteiger partial charge in [0.1, 0.15) is 5.56 Å². The number of methoxy groups -OCH3 is 3. The summed E-state index contributed by atoms with van der Waals surface area (Å²) in [6, 6.07) is 1.23. The van der Waals surface area contributed by atoms with Crippen LogP contribution in [0.25, 0.3) is 0 Å². The van der Waals surface area contributed by atoms with Crippen molar-refractivity contribution in [2.75, 3.05) is 61.6 Å². The summed E-state index contributed by atoms with van der Waals surface area (Å²) in [6.45, 7) is 0.314. The number of amides is 1. The first-order valence-electron chi connectivity index (χ1n) is 8.54. The van der Waals surface area contributed by atoms with Crippen LogP contribution < -0.4 is 14.2 Å². The number of carbonyl (C=O) groups is 1. The van der Waals surface area contributed by atoms with E-state index in [9.17, 15) is 23.3 Å². The summed E-state index contributed by atoms with van der Waals surface area (Å²) in [4.78, 5) is 25.4. The topological polar surface area (TPSA) is 132 Å². The summed E-state index contributed by atoms with van der Waals surface area (Å²) in [5, 5.41) is 11.7. The van der Waals surface area contributed by atoms with Crippen molar-refractivity contribution in [3.05, 3.63) is 21.7 Å². The number of nitrogens with zero attached hydrogens (tertiary/aromatic N) is 4. The Bertz CT molecular complexity index is 895. The molecule has 0 unspecified atom stereocenters. The molecule has 1 heterocycles. The lowest BCUT2D eigenvalue weighted by Gasteiger charge is -2.35. The zero-order valence-corrected chi connectivity index (χ0v) is 17.7. The van der Waals surface area contributed by atoms with Crippen molar-refractivity contribution < 1.29 is 32.3 Å². The molecule has 13 heteroatoms. The first kappa shape index (κ1) is 22.6. The van der Waals surface area contributed by atoms with Crippen LogP contribution in [0.1, 0.15) is 10.4 Å². The highest BCUT2D eigenvalue weighted by Crippen LogP contribution is 2.46. The van der Waals surface area contributed by atoms with E-state index in [4.69, 9.17) is 14.2 Å². The lowest BCUT2D eigenvalue weighted by molar-refractivity contribution is -0.386. The molecule has 0 atom stereocenters. The summed E-state index contributed by atoms with van der Waals surface area (Å²) < 4.78 is 42.3. The molecule has 1 aliphatic rings. The first-order chi connectivity index (χ1) is 13.6. The number of carbonyl (C=O) groups excluding carboxylic acids is 1. The number of hydrogen-bond acceptors (Lipinski definition) is 8. The van der Waals surface area contributed by atoms with Crippen molar-refractivity contribution in [1.82, 2.24) is 13.5 Å². The number of ether oxygens (including phenoxy) is 3. The molecule has 0 saturated carbocycles. The van der Waals surface area contributed by atoms with Gasteiger partial charge in [-0.3, -0.25) is 14.9 Å². The number of piperazine rings is 1. The van der Waals surface area contributed by atoms with E-state index in [0.29, 0.717) is 0 Å². The molecule has 1 aliphatic heterocycles.